The topological polar surface area (TPSA) is 43.3 Å². The van der Waals surface area contributed by atoms with Crippen LogP contribution in [0.2, 0.25) is 0 Å². The summed E-state index contributed by atoms with van der Waals surface area (Å²) in [5.41, 5.74) is 2.07. The van der Waals surface area contributed by atoms with Crippen LogP contribution in [0.4, 0.5) is 0 Å². The van der Waals surface area contributed by atoms with Crippen molar-refractivity contribution in [3.63, 3.8) is 0 Å². The van der Waals surface area contributed by atoms with Crippen molar-refractivity contribution in [2.45, 2.75) is 46.7 Å². The molecule has 0 atom stereocenters. The quantitative estimate of drug-likeness (QED) is 0.743. The second kappa shape index (κ2) is 8.22. The molecule has 0 spiro atoms. The zero-order valence-corrected chi connectivity index (χ0v) is 13.4. The first-order valence-electron chi connectivity index (χ1n) is 7.39. The predicted molar refractivity (Wildman–Crippen MR) is 83.2 cm³/mol. The van der Waals surface area contributed by atoms with E-state index < -0.39 is 0 Å². The molecule has 20 heavy (non-hydrogen) atoms. The number of nitrogens with zero attached hydrogens (tertiary/aromatic N) is 1. The molecule has 0 aliphatic carbocycles. The molecule has 0 radical (unpaired) electrons. The Morgan fingerprint density at radius 2 is 1.95 bits per heavy atom. The lowest BCUT2D eigenvalue weighted by Crippen LogP contribution is -2.31. The molecular weight excluding hydrogens is 252 g/mol. The van der Waals surface area contributed by atoms with Crippen molar-refractivity contribution in [2.24, 2.45) is 5.92 Å². The number of pyridine rings is 1. The van der Waals surface area contributed by atoms with Crippen LogP contribution < -0.4 is 10.9 Å². The zero-order valence-electron chi connectivity index (χ0n) is 13.4. The van der Waals surface area contributed by atoms with E-state index in [1.807, 2.05) is 10.6 Å². The second-order valence-electron chi connectivity index (χ2n) is 5.92. The van der Waals surface area contributed by atoms with E-state index >= 15 is 0 Å². The van der Waals surface area contributed by atoms with E-state index in [1.54, 1.807) is 7.11 Å². The highest BCUT2D eigenvalue weighted by Crippen LogP contribution is 2.14. The number of methoxy groups -OCH3 is 1. The molecule has 0 bridgehead atoms. The summed E-state index contributed by atoms with van der Waals surface area (Å²) in [6.07, 6.45) is 0. The molecule has 0 aromatic carbocycles. The molecule has 0 saturated carbocycles. The number of hydrogen-bond donors (Lipinski definition) is 1. The average Bonchev–Trinajstić information content (AvgIpc) is 2.37. The first kappa shape index (κ1) is 16.9. The third-order valence-electron chi connectivity index (χ3n) is 3.22. The van der Waals surface area contributed by atoms with Gasteiger partial charge in [0.2, 0.25) is 0 Å². The minimum absolute atomic E-state index is 0.134. The van der Waals surface area contributed by atoms with Crippen LogP contribution in [0.15, 0.2) is 16.9 Å². The standard InChI is InChI=1S/C16H28N2O2/c1-12(2)11-18-15(13(3)4)7-6-14(16(18)19)10-17-8-9-20-5/h6-7,12-13,17H,8-11H2,1-5H3. The van der Waals surface area contributed by atoms with Gasteiger partial charge in [-0.2, -0.15) is 0 Å². The minimum atomic E-state index is 0.134. The Balaban J connectivity index is 2.95. The Labute approximate surface area is 122 Å². The molecule has 1 aromatic heterocycles. The molecule has 114 valence electrons. The van der Waals surface area contributed by atoms with Crippen molar-refractivity contribution in [1.82, 2.24) is 9.88 Å². The van der Waals surface area contributed by atoms with E-state index in [0.29, 0.717) is 25.0 Å². The van der Waals surface area contributed by atoms with Gasteiger partial charge in [-0.1, -0.05) is 33.8 Å². The molecule has 1 heterocycles. The SMILES string of the molecule is COCCNCc1ccc(C(C)C)n(CC(C)C)c1=O. The molecular formula is C16H28N2O2. The van der Waals surface area contributed by atoms with Crippen molar-refractivity contribution in [3.05, 3.63) is 33.7 Å². The molecule has 4 nitrogen and oxygen atoms in total. The maximum absolute atomic E-state index is 12.6. The Bertz CT molecular complexity index is 464. The van der Waals surface area contributed by atoms with Gasteiger partial charge in [0.1, 0.15) is 0 Å². The van der Waals surface area contributed by atoms with Crippen molar-refractivity contribution in [2.75, 3.05) is 20.3 Å². The molecule has 0 saturated heterocycles. The van der Waals surface area contributed by atoms with Crippen molar-refractivity contribution < 1.29 is 4.74 Å². The highest BCUT2D eigenvalue weighted by Gasteiger charge is 2.12. The van der Waals surface area contributed by atoms with Crippen LogP contribution in [-0.2, 0) is 17.8 Å². The summed E-state index contributed by atoms with van der Waals surface area (Å²) in [5, 5.41) is 3.23. The molecule has 0 fully saturated rings. The smallest absolute Gasteiger partial charge is 0.255 e. The molecule has 0 amide bonds. The first-order chi connectivity index (χ1) is 9.47. The lowest BCUT2D eigenvalue weighted by atomic mass is 10.1. The minimum Gasteiger partial charge on any atom is -0.383 e. The van der Waals surface area contributed by atoms with Crippen molar-refractivity contribution in [3.8, 4) is 0 Å². The number of rotatable bonds is 8. The molecule has 0 aliphatic rings. The average molecular weight is 280 g/mol. The van der Waals surface area contributed by atoms with E-state index in [2.05, 4.69) is 39.1 Å². The summed E-state index contributed by atoms with van der Waals surface area (Å²) < 4.78 is 6.92. The monoisotopic (exact) mass is 280 g/mol. The summed E-state index contributed by atoms with van der Waals surface area (Å²) in [5.74, 6) is 0.818. The Morgan fingerprint density at radius 1 is 1.25 bits per heavy atom. The van der Waals surface area contributed by atoms with Gasteiger partial charge in [-0.3, -0.25) is 4.79 Å². The molecule has 1 aromatic rings. The van der Waals surface area contributed by atoms with Crippen LogP contribution in [0.3, 0.4) is 0 Å². The fourth-order valence-electron chi connectivity index (χ4n) is 2.23. The van der Waals surface area contributed by atoms with Crippen LogP contribution in [0, 0.1) is 5.92 Å². The van der Waals surface area contributed by atoms with Crippen LogP contribution in [0.1, 0.15) is 44.9 Å². The maximum atomic E-state index is 12.6. The van der Waals surface area contributed by atoms with Crippen molar-refractivity contribution in [1.29, 1.82) is 0 Å². The second-order valence-corrected chi connectivity index (χ2v) is 5.92. The fourth-order valence-corrected chi connectivity index (χ4v) is 2.23. The molecule has 1 N–H and O–H groups in total. The van der Waals surface area contributed by atoms with Gasteiger partial charge < -0.3 is 14.6 Å². The van der Waals surface area contributed by atoms with Crippen LogP contribution in [0.25, 0.3) is 0 Å². The van der Waals surface area contributed by atoms with E-state index in [0.717, 1.165) is 24.3 Å². The van der Waals surface area contributed by atoms with Gasteiger partial charge in [0.15, 0.2) is 0 Å². The molecule has 1 rings (SSSR count). The predicted octanol–water partition coefficient (Wildman–Crippen LogP) is 2.36. The van der Waals surface area contributed by atoms with E-state index in [4.69, 9.17) is 4.74 Å². The Kier molecular flexibility index (Phi) is 6.96. The Hall–Kier alpha value is -1.13. The lowest BCUT2D eigenvalue weighted by molar-refractivity contribution is 0.199. The lowest BCUT2D eigenvalue weighted by Gasteiger charge is -2.19. The third-order valence-corrected chi connectivity index (χ3v) is 3.22. The maximum Gasteiger partial charge on any atom is 0.255 e. The normalized spacial score (nSPS) is 11.6. The van der Waals surface area contributed by atoms with Crippen molar-refractivity contribution >= 4 is 0 Å². The van der Waals surface area contributed by atoms with E-state index in [1.165, 1.54) is 0 Å². The van der Waals surface area contributed by atoms with E-state index in [-0.39, 0.29) is 5.56 Å². The number of aromatic nitrogens is 1. The summed E-state index contributed by atoms with van der Waals surface area (Å²) in [6, 6.07) is 4.04. The van der Waals surface area contributed by atoms with Gasteiger partial charge in [-0.05, 0) is 17.9 Å². The van der Waals surface area contributed by atoms with Gasteiger partial charge in [-0.25, -0.2) is 0 Å². The van der Waals surface area contributed by atoms with Crippen LogP contribution in [0.5, 0.6) is 0 Å². The summed E-state index contributed by atoms with van der Waals surface area (Å²) in [6.45, 7) is 11.3. The molecule has 0 aliphatic heterocycles. The summed E-state index contributed by atoms with van der Waals surface area (Å²) in [7, 11) is 1.68. The first-order valence-corrected chi connectivity index (χ1v) is 7.39. The zero-order chi connectivity index (χ0) is 15.1. The van der Waals surface area contributed by atoms with Gasteiger partial charge in [0.05, 0.1) is 6.61 Å². The highest BCUT2D eigenvalue weighted by molar-refractivity contribution is 5.18. The van der Waals surface area contributed by atoms with Crippen LogP contribution >= 0.6 is 0 Å². The highest BCUT2D eigenvalue weighted by atomic mass is 16.5. The summed E-state index contributed by atoms with van der Waals surface area (Å²) in [4.78, 5) is 12.6. The number of hydrogen-bond acceptors (Lipinski definition) is 3. The number of ether oxygens (including phenoxy) is 1. The van der Waals surface area contributed by atoms with Gasteiger partial charge >= 0.3 is 0 Å². The third kappa shape index (κ3) is 4.76. The molecule has 4 heteroatoms. The van der Waals surface area contributed by atoms with Crippen LogP contribution in [-0.4, -0.2) is 24.8 Å². The van der Waals surface area contributed by atoms with E-state index in [9.17, 15) is 4.79 Å². The van der Waals surface area contributed by atoms with Gasteiger partial charge in [0, 0.05) is 38.0 Å². The fraction of sp³-hybridized carbons (Fsp3) is 0.688. The largest absolute Gasteiger partial charge is 0.383 e. The van der Waals surface area contributed by atoms with Gasteiger partial charge in [0.25, 0.3) is 5.56 Å². The molecule has 0 unspecified atom stereocenters. The Morgan fingerprint density at radius 3 is 2.50 bits per heavy atom. The number of nitrogens with one attached hydrogen (secondary N) is 1. The summed E-state index contributed by atoms with van der Waals surface area (Å²) >= 11 is 0. The van der Waals surface area contributed by atoms with Gasteiger partial charge in [-0.15, -0.1) is 0 Å².